The van der Waals surface area contributed by atoms with Crippen LogP contribution in [0.5, 0.6) is 5.75 Å². The summed E-state index contributed by atoms with van der Waals surface area (Å²) in [4.78, 5) is 12.3. The lowest BCUT2D eigenvalue weighted by Crippen LogP contribution is -2.47. The fourth-order valence-electron chi connectivity index (χ4n) is 2.27. The standard InChI is InChI=1S/C16H20N2O5S/c1-12(16(19)17-11-15-5-4-10-23-15)18(24(3,20)21)13-6-8-14(22-2)9-7-13/h4-10,12H,11H2,1-3H3,(H,17,19)/t12-/m0/s1. The van der Waals surface area contributed by atoms with E-state index in [2.05, 4.69) is 5.32 Å². The Labute approximate surface area is 141 Å². The molecule has 1 aromatic heterocycles. The third-order valence-corrected chi connectivity index (χ3v) is 4.67. The highest BCUT2D eigenvalue weighted by Crippen LogP contribution is 2.23. The maximum absolute atomic E-state index is 12.3. The lowest BCUT2D eigenvalue weighted by molar-refractivity contribution is -0.122. The van der Waals surface area contributed by atoms with Gasteiger partial charge in [0.25, 0.3) is 0 Å². The predicted molar refractivity (Wildman–Crippen MR) is 90.3 cm³/mol. The molecule has 2 rings (SSSR count). The number of furan rings is 1. The molecule has 7 nitrogen and oxygen atoms in total. The van der Waals surface area contributed by atoms with E-state index in [1.54, 1.807) is 36.4 Å². The second-order valence-corrected chi connectivity index (χ2v) is 7.09. The van der Waals surface area contributed by atoms with Crippen molar-refractivity contribution in [3.63, 3.8) is 0 Å². The van der Waals surface area contributed by atoms with Crippen molar-refractivity contribution < 1.29 is 22.4 Å². The Kier molecular flexibility index (Phi) is 5.50. The minimum absolute atomic E-state index is 0.191. The molecule has 0 saturated carbocycles. The number of carbonyl (C=O) groups excluding carboxylic acids is 1. The summed E-state index contributed by atoms with van der Waals surface area (Å²) in [6.45, 7) is 1.72. The lowest BCUT2D eigenvalue weighted by Gasteiger charge is -2.28. The highest BCUT2D eigenvalue weighted by molar-refractivity contribution is 7.92. The van der Waals surface area contributed by atoms with Crippen molar-refractivity contribution in [1.82, 2.24) is 5.32 Å². The van der Waals surface area contributed by atoms with Gasteiger partial charge in [-0.25, -0.2) is 8.42 Å². The predicted octanol–water partition coefficient (Wildman–Crippen LogP) is 1.76. The van der Waals surface area contributed by atoms with Crippen molar-refractivity contribution in [3.05, 3.63) is 48.4 Å². The van der Waals surface area contributed by atoms with Crippen LogP contribution in [-0.4, -0.2) is 33.7 Å². The summed E-state index contributed by atoms with van der Waals surface area (Å²) in [6, 6.07) is 8.99. The summed E-state index contributed by atoms with van der Waals surface area (Å²) < 4.78 is 35.6. The molecular weight excluding hydrogens is 332 g/mol. The Morgan fingerprint density at radius 3 is 2.46 bits per heavy atom. The van der Waals surface area contributed by atoms with E-state index in [9.17, 15) is 13.2 Å². The first-order valence-electron chi connectivity index (χ1n) is 7.26. The van der Waals surface area contributed by atoms with Gasteiger partial charge in [0.05, 0.1) is 31.9 Å². The lowest BCUT2D eigenvalue weighted by atomic mass is 10.2. The number of rotatable bonds is 7. The minimum Gasteiger partial charge on any atom is -0.497 e. The van der Waals surface area contributed by atoms with Crippen molar-refractivity contribution in [2.45, 2.75) is 19.5 Å². The zero-order chi connectivity index (χ0) is 17.7. The van der Waals surface area contributed by atoms with Crippen molar-refractivity contribution >= 4 is 21.6 Å². The van der Waals surface area contributed by atoms with Crippen LogP contribution in [0.1, 0.15) is 12.7 Å². The van der Waals surface area contributed by atoms with Crippen molar-refractivity contribution in [2.75, 3.05) is 17.7 Å². The third-order valence-electron chi connectivity index (χ3n) is 3.43. The molecule has 0 fully saturated rings. The number of hydrogen-bond donors (Lipinski definition) is 1. The van der Waals surface area contributed by atoms with E-state index in [4.69, 9.17) is 9.15 Å². The number of carbonyl (C=O) groups is 1. The summed E-state index contributed by atoms with van der Waals surface area (Å²) in [5.41, 5.74) is 0.388. The molecule has 1 amide bonds. The van der Waals surface area contributed by atoms with Crippen LogP contribution in [0.25, 0.3) is 0 Å². The number of nitrogens with one attached hydrogen (secondary N) is 1. The molecule has 0 radical (unpaired) electrons. The molecule has 0 spiro atoms. The maximum atomic E-state index is 12.3. The maximum Gasteiger partial charge on any atom is 0.243 e. The van der Waals surface area contributed by atoms with Gasteiger partial charge in [0.15, 0.2) is 0 Å². The summed E-state index contributed by atoms with van der Waals surface area (Å²) in [5, 5.41) is 2.67. The fraction of sp³-hybridized carbons (Fsp3) is 0.312. The molecule has 0 unspecified atom stereocenters. The van der Waals surface area contributed by atoms with Gasteiger partial charge in [0.2, 0.25) is 15.9 Å². The van der Waals surface area contributed by atoms with E-state index in [0.29, 0.717) is 17.2 Å². The molecule has 130 valence electrons. The molecule has 8 heteroatoms. The number of nitrogens with zero attached hydrogens (tertiary/aromatic N) is 1. The van der Waals surface area contributed by atoms with E-state index < -0.39 is 22.0 Å². The molecule has 0 aliphatic carbocycles. The number of methoxy groups -OCH3 is 1. The van der Waals surface area contributed by atoms with Crippen LogP contribution in [0.4, 0.5) is 5.69 Å². The zero-order valence-electron chi connectivity index (χ0n) is 13.7. The number of sulfonamides is 1. The number of ether oxygens (including phenoxy) is 1. The van der Waals surface area contributed by atoms with Crippen LogP contribution in [0.3, 0.4) is 0 Å². The number of benzene rings is 1. The van der Waals surface area contributed by atoms with Gasteiger partial charge >= 0.3 is 0 Å². The number of hydrogen-bond acceptors (Lipinski definition) is 5. The molecule has 2 aromatic rings. The van der Waals surface area contributed by atoms with Crippen LogP contribution in [0.15, 0.2) is 47.1 Å². The molecule has 1 aromatic carbocycles. The molecule has 1 atom stereocenters. The Balaban J connectivity index is 2.18. The Hall–Kier alpha value is -2.48. The first kappa shape index (κ1) is 17.9. The van der Waals surface area contributed by atoms with Gasteiger partial charge in [-0.15, -0.1) is 0 Å². The SMILES string of the molecule is COc1ccc(N([C@@H](C)C(=O)NCc2ccco2)S(C)(=O)=O)cc1. The summed E-state index contributed by atoms with van der Waals surface area (Å²) in [6.07, 6.45) is 2.57. The van der Waals surface area contributed by atoms with Gasteiger partial charge < -0.3 is 14.5 Å². The van der Waals surface area contributed by atoms with Gasteiger partial charge in [-0.05, 0) is 43.3 Å². The minimum atomic E-state index is -3.65. The van der Waals surface area contributed by atoms with Crippen LogP contribution in [0, 0.1) is 0 Å². The normalized spacial score (nSPS) is 12.5. The van der Waals surface area contributed by atoms with Gasteiger partial charge in [0.1, 0.15) is 17.6 Å². The average molecular weight is 352 g/mol. The summed E-state index contributed by atoms with van der Waals surface area (Å²) in [5.74, 6) is 0.765. The average Bonchev–Trinajstić information content (AvgIpc) is 3.05. The van der Waals surface area contributed by atoms with Gasteiger partial charge in [-0.2, -0.15) is 0 Å². The first-order chi connectivity index (χ1) is 11.3. The molecule has 0 aliphatic rings. The van der Waals surface area contributed by atoms with E-state index >= 15 is 0 Å². The Morgan fingerprint density at radius 1 is 1.29 bits per heavy atom. The van der Waals surface area contributed by atoms with Crippen molar-refractivity contribution in [2.24, 2.45) is 0 Å². The third kappa shape index (κ3) is 4.29. The van der Waals surface area contributed by atoms with Crippen molar-refractivity contribution in [3.8, 4) is 5.75 Å². The molecule has 0 bridgehead atoms. The molecular formula is C16H20N2O5S. The summed E-state index contributed by atoms with van der Waals surface area (Å²) in [7, 11) is -2.12. The first-order valence-corrected chi connectivity index (χ1v) is 9.11. The molecule has 0 saturated heterocycles. The highest BCUT2D eigenvalue weighted by atomic mass is 32.2. The van der Waals surface area contributed by atoms with Crippen LogP contribution >= 0.6 is 0 Å². The zero-order valence-corrected chi connectivity index (χ0v) is 14.5. The van der Waals surface area contributed by atoms with Crippen LogP contribution < -0.4 is 14.4 Å². The largest absolute Gasteiger partial charge is 0.497 e. The highest BCUT2D eigenvalue weighted by Gasteiger charge is 2.29. The van der Waals surface area contributed by atoms with Crippen LogP contribution in [-0.2, 0) is 21.4 Å². The Morgan fingerprint density at radius 2 is 1.96 bits per heavy atom. The van der Waals surface area contributed by atoms with Crippen LogP contribution in [0.2, 0.25) is 0 Å². The van der Waals surface area contributed by atoms with Gasteiger partial charge in [-0.1, -0.05) is 0 Å². The van der Waals surface area contributed by atoms with E-state index in [0.717, 1.165) is 10.6 Å². The Bertz CT molecular complexity index is 769. The molecule has 0 aliphatic heterocycles. The quantitative estimate of drug-likeness (QED) is 0.820. The van der Waals surface area contributed by atoms with E-state index in [-0.39, 0.29) is 6.54 Å². The fourth-order valence-corrected chi connectivity index (χ4v) is 3.45. The topological polar surface area (TPSA) is 88.8 Å². The van der Waals surface area contributed by atoms with Gasteiger partial charge in [-0.3, -0.25) is 9.10 Å². The second kappa shape index (κ2) is 7.39. The van der Waals surface area contributed by atoms with Gasteiger partial charge in [0, 0.05) is 0 Å². The number of anilines is 1. The van der Waals surface area contributed by atoms with E-state index in [1.165, 1.54) is 20.3 Å². The molecule has 1 heterocycles. The monoisotopic (exact) mass is 352 g/mol. The molecule has 24 heavy (non-hydrogen) atoms. The summed E-state index contributed by atoms with van der Waals surface area (Å²) >= 11 is 0. The number of amides is 1. The van der Waals surface area contributed by atoms with E-state index in [1.807, 2.05) is 0 Å². The smallest absolute Gasteiger partial charge is 0.243 e. The van der Waals surface area contributed by atoms with Crippen molar-refractivity contribution in [1.29, 1.82) is 0 Å². The molecule has 1 N–H and O–H groups in total. The second-order valence-electron chi connectivity index (χ2n) is 5.23.